The molecule has 0 aliphatic carbocycles. The van der Waals surface area contributed by atoms with E-state index in [1.54, 1.807) is 0 Å². The molecular formula is C15H19NO2. The topological polar surface area (TPSA) is 38.3 Å². The number of benzene rings is 1. The molecule has 18 heavy (non-hydrogen) atoms. The molecule has 0 fully saturated rings. The van der Waals surface area contributed by atoms with Crippen LogP contribution in [0.4, 0.5) is 0 Å². The molecule has 0 aliphatic heterocycles. The summed E-state index contributed by atoms with van der Waals surface area (Å²) in [4.78, 5) is 11.8. The Balaban J connectivity index is 2.67. The molecule has 1 atom stereocenters. The van der Waals surface area contributed by atoms with Crippen molar-refractivity contribution in [3.05, 3.63) is 35.9 Å². The molecule has 96 valence electrons. The number of hydrogen-bond donors (Lipinski definition) is 1. The highest BCUT2D eigenvalue weighted by molar-refractivity contribution is 5.80. The van der Waals surface area contributed by atoms with Crippen LogP contribution in [0.1, 0.15) is 18.9 Å². The number of terminal acetylenes is 1. The molecule has 1 rings (SSSR count). The van der Waals surface area contributed by atoms with Crippen LogP contribution < -0.4 is 5.32 Å². The highest BCUT2D eigenvalue weighted by Crippen LogP contribution is 2.16. The maximum atomic E-state index is 11.8. The standard InChI is InChI=1S/C15H19NO2/c1-4-12-16-15(2,14(17)18-3)11-10-13-8-6-5-7-9-13/h1,5-9,16H,10-12H2,2-3H3. The number of aryl methyl sites for hydroxylation is 1. The van der Waals surface area contributed by atoms with Gasteiger partial charge in [-0.15, -0.1) is 6.42 Å². The number of carbonyl (C=O) groups is 1. The van der Waals surface area contributed by atoms with Crippen molar-refractivity contribution in [1.82, 2.24) is 5.32 Å². The highest BCUT2D eigenvalue weighted by Gasteiger charge is 2.33. The van der Waals surface area contributed by atoms with Gasteiger partial charge >= 0.3 is 5.97 Å². The Bertz CT molecular complexity index is 422. The first kappa shape index (κ1) is 14.3. The molecule has 0 aromatic heterocycles. The summed E-state index contributed by atoms with van der Waals surface area (Å²) in [6, 6.07) is 10.0. The molecule has 0 aliphatic rings. The Morgan fingerprint density at radius 3 is 2.67 bits per heavy atom. The molecule has 0 amide bonds. The summed E-state index contributed by atoms with van der Waals surface area (Å²) in [6.07, 6.45) is 6.66. The number of esters is 1. The van der Waals surface area contributed by atoms with Gasteiger partial charge < -0.3 is 4.74 Å². The predicted octanol–water partition coefficient (Wildman–Crippen LogP) is 1.77. The first-order chi connectivity index (χ1) is 8.62. The number of rotatable bonds is 6. The Labute approximate surface area is 109 Å². The van der Waals surface area contributed by atoms with Crippen molar-refractivity contribution in [3.63, 3.8) is 0 Å². The van der Waals surface area contributed by atoms with Crippen molar-refractivity contribution in [2.75, 3.05) is 13.7 Å². The normalized spacial score (nSPS) is 13.4. The van der Waals surface area contributed by atoms with E-state index in [1.165, 1.54) is 12.7 Å². The number of methoxy groups -OCH3 is 1. The molecule has 0 saturated heterocycles. The van der Waals surface area contributed by atoms with E-state index in [2.05, 4.69) is 11.2 Å². The van der Waals surface area contributed by atoms with Gasteiger partial charge in [0.2, 0.25) is 0 Å². The van der Waals surface area contributed by atoms with Gasteiger partial charge in [0, 0.05) is 0 Å². The minimum Gasteiger partial charge on any atom is -0.468 e. The number of hydrogen-bond acceptors (Lipinski definition) is 3. The van der Waals surface area contributed by atoms with Gasteiger partial charge in [0.1, 0.15) is 5.54 Å². The third-order valence-electron chi connectivity index (χ3n) is 2.97. The number of carbonyl (C=O) groups excluding carboxylic acids is 1. The van der Waals surface area contributed by atoms with E-state index < -0.39 is 5.54 Å². The van der Waals surface area contributed by atoms with Gasteiger partial charge in [0.25, 0.3) is 0 Å². The zero-order chi connectivity index (χ0) is 13.4. The molecule has 3 nitrogen and oxygen atoms in total. The van der Waals surface area contributed by atoms with Crippen LogP contribution in [0.3, 0.4) is 0 Å². The van der Waals surface area contributed by atoms with Crippen molar-refractivity contribution in [2.45, 2.75) is 25.3 Å². The second-order valence-corrected chi connectivity index (χ2v) is 4.37. The van der Waals surface area contributed by atoms with Crippen molar-refractivity contribution in [2.24, 2.45) is 0 Å². The molecule has 0 radical (unpaired) electrons. The smallest absolute Gasteiger partial charge is 0.325 e. The van der Waals surface area contributed by atoms with E-state index >= 15 is 0 Å². The second kappa shape index (κ2) is 6.83. The largest absolute Gasteiger partial charge is 0.468 e. The van der Waals surface area contributed by atoms with E-state index in [0.717, 1.165) is 6.42 Å². The summed E-state index contributed by atoms with van der Waals surface area (Å²) >= 11 is 0. The minimum absolute atomic E-state index is 0.284. The van der Waals surface area contributed by atoms with Crippen LogP contribution in [-0.4, -0.2) is 25.2 Å². The Hall–Kier alpha value is -1.79. The molecule has 1 aromatic rings. The molecule has 0 spiro atoms. The molecule has 0 saturated carbocycles. The second-order valence-electron chi connectivity index (χ2n) is 4.37. The van der Waals surface area contributed by atoms with Crippen LogP contribution in [0.5, 0.6) is 0 Å². The molecule has 1 N–H and O–H groups in total. The van der Waals surface area contributed by atoms with Crippen LogP contribution in [0.2, 0.25) is 0 Å². The van der Waals surface area contributed by atoms with E-state index in [9.17, 15) is 4.79 Å². The van der Waals surface area contributed by atoms with Crippen LogP contribution in [0.15, 0.2) is 30.3 Å². The van der Waals surface area contributed by atoms with E-state index in [0.29, 0.717) is 13.0 Å². The lowest BCUT2D eigenvalue weighted by Crippen LogP contribution is -2.50. The summed E-state index contributed by atoms with van der Waals surface area (Å²) < 4.78 is 4.83. The summed E-state index contributed by atoms with van der Waals surface area (Å²) in [5.41, 5.74) is 0.451. The third-order valence-corrected chi connectivity index (χ3v) is 2.97. The van der Waals surface area contributed by atoms with Gasteiger partial charge in [-0.3, -0.25) is 10.1 Å². The van der Waals surface area contributed by atoms with Gasteiger partial charge in [-0.2, -0.15) is 0 Å². The molecule has 3 heteroatoms. The van der Waals surface area contributed by atoms with Crippen molar-refractivity contribution in [1.29, 1.82) is 0 Å². The monoisotopic (exact) mass is 245 g/mol. The van der Waals surface area contributed by atoms with Gasteiger partial charge in [-0.1, -0.05) is 36.3 Å². The molecule has 0 heterocycles. The van der Waals surface area contributed by atoms with E-state index in [-0.39, 0.29) is 5.97 Å². The quantitative estimate of drug-likeness (QED) is 0.613. The van der Waals surface area contributed by atoms with E-state index in [1.807, 2.05) is 37.3 Å². The fourth-order valence-electron chi connectivity index (χ4n) is 1.77. The van der Waals surface area contributed by atoms with Crippen LogP contribution in [0, 0.1) is 12.3 Å². The summed E-state index contributed by atoms with van der Waals surface area (Å²) in [6.45, 7) is 2.17. The zero-order valence-electron chi connectivity index (χ0n) is 10.9. The van der Waals surface area contributed by atoms with Crippen molar-refractivity contribution < 1.29 is 9.53 Å². The van der Waals surface area contributed by atoms with Crippen LogP contribution >= 0.6 is 0 Å². The van der Waals surface area contributed by atoms with Gasteiger partial charge in [-0.25, -0.2) is 0 Å². The molecular weight excluding hydrogens is 226 g/mol. The first-order valence-corrected chi connectivity index (χ1v) is 5.93. The van der Waals surface area contributed by atoms with Gasteiger partial charge in [0.05, 0.1) is 13.7 Å². The zero-order valence-corrected chi connectivity index (χ0v) is 10.9. The maximum Gasteiger partial charge on any atom is 0.325 e. The van der Waals surface area contributed by atoms with Gasteiger partial charge in [-0.05, 0) is 25.3 Å². The first-order valence-electron chi connectivity index (χ1n) is 5.93. The summed E-state index contributed by atoms with van der Waals surface area (Å²) in [7, 11) is 1.39. The fraction of sp³-hybridized carbons (Fsp3) is 0.400. The molecule has 0 bridgehead atoms. The molecule has 1 aromatic carbocycles. The maximum absolute atomic E-state index is 11.8. The summed E-state index contributed by atoms with van der Waals surface area (Å²) in [5, 5.41) is 3.06. The lowest BCUT2D eigenvalue weighted by atomic mass is 9.93. The average Bonchev–Trinajstić information content (AvgIpc) is 2.43. The SMILES string of the molecule is C#CCNC(C)(CCc1ccccc1)C(=O)OC. The minimum atomic E-state index is -0.739. The predicted molar refractivity (Wildman–Crippen MR) is 72.0 cm³/mol. The lowest BCUT2D eigenvalue weighted by Gasteiger charge is -2.27. The number of ether oxygens (including phenoxy) is 1. The lowest BCUT2D eigenvalue weighted by molar-refractivity contribution is -0.148. The van der Waals surface area contributed by atoms with Crippen LogP contribution in [0.25, 0.3) is 0 Å². The highest BCUT2D eigenvalue weighted by atomic mass is 16.5. The average molecular weight is 245 g/mol. The fourth-order valence-corrected chi connectivity index (χ4v) is 1.77. The Morgan fingerprint density at radius 2 is 2.11 bits per heavy atom. The molecule has 1 unspecified atom stereocenters. The summed E-state index contributed by atoms with van der Waals surface area (Å²) in [5.74, 6) is 2.20. The Morgan fingerprint density at radius 1 is 1.44 bits per heavy atom. The van der Waals surface area contributed by atoms with Crippen LogP contribution in [-0.2, 0) is 16.0 Å². The Kier molecular flexibility index (Phi) is 5.41. The third kappa shape index (κ3) is 3.90. The van der Waals surface area contributed by atoms with E-state index in [4.69, 9.17) is 11.2 Å². The van der Waals surface area contributed by atoms with Gasteiger partial charge in [0.15, 0.2) is 0 Å². The van der Waals surface area contributed by atoms with Crippen molar-refractivity contribution >= 4 is 5.97 Å². The van der Waals surface area contributed by atoms with Crippen molar-refractivity contribution in [3.8, 4) is 12.3 Å². The number of nitrogens with one attached hydrogen (secondary N) is 1.